The summed E-state index contributed by atoms with van der Waals surface area (Å²) in [6.07, 6.45) is 2.60. The fraction of sp³-hybridized carbons (Fsp3) is 0.500. The van der Waals surface area contributed by atoms with E-state index in [9.17, 15) is 0 Å². The molecule has 3 nitrogen and oxygen atoms in total. The Morgan fingerprint density at radius 2 is 2.12 bits per heavy atom. The van der Waals surface area contributed by atoms with Crippen molar-refractivity contribution in [2.75, 3.05) is 26.2 Å². The molecule has 1 aromatic carbocycles. The molecule has 3 heteroatoms. The SMILES string of the molecule is Cc1ccc(C#N)c(OCCN2CCCC2)c1. The van der Waals surface area contributed by atoms with Crippen LogP contribution in [0.1, 0.15) is 24.0 Å². The van der Waals surface area contributed by atoms with Crippen molar-refractivity contribution in [3.8, 4) is 11.8 Å². The molecule has 1 aromatic rings. The molecule has 0 aliphatic carbocycles. The van der Waals surface area contributed by atoms with Crippen molar-refractivity contribution in [2.45, 2.75) is 19.8 Å². The maximum absolute atomic E-state index is 8.98. The van der Waals surface area contributed by atoms with Gasteiger partial charge in [-0.05, 0) is 50.6 Å². The van der Waals surface area contributed by atoms with Gasteiger partial charge in [0.1, 0.15) is 18.4 Å². The molecule has 2 rings (SSSR count). The first-order chi connectivity index (χ1) is 8.29. The summed E-state index contributed by atoms with van der Waals surface area (Å²) < 4.78 is 5.71. The lowest BCUT2D eigenvalue weighted by atomic mass is 10.1. The molecule has 0 aromatic heterocycles. The third-order valence-electron chi connectivity index (χ3n) is 3.12. The molecular weight excluding hydrogens is 212 g/mol. The standard InChI is InChI=1S/C14H18N2O/c1-12-4-5-13(11-15)14(10-12)17-9-8-16-6-2-3-7-16/h4-5,10H,2-3,6-9H2,1H3. The van der Waals surface area contributed by atoms with E-state index in [1.807, 2.05) is 25.1 Å². The first kappa shape index (κ1) is 11.9. The van der Waals surface area contributed by atoms with Crippen LogP contribution >= 0.6 is 0 Å². The summed E-state index contributed by atoms with van der Waals surface area (Å²) in [5, 5.41) is 8.98. The Kier molecular flexibility index (Phi) is 4.00. The van der Waals surface area contributed by atoms with Crippen LogP contribution in [0, 0.1) is 18.3 Å². The minimum atomic E-state index is 0.622. The second-order valence-electron chi connectivity index (χ2n) is 4.51. The molecule has 0 atom stereocenters. The Labute approximate surface area is 103 Å². The minimum Gasteiger partial charge on any atom is -0.491 e. The lowest BCUT2D eigenvalue weighted by Crippen LogP contribution is -2.25. The van der Waals surface area contributed by atoms with Crippen molar-refractivity contribution in [3.63, 3.8) is 0 Å². The minimum absolute atomic E-state index is 0.622. The number of nitrogens with zero attached hydrogens (tertiary/aromatic N) is 2. The Balaban J connectivity index is 1.89. The zero-order chi connectivity index (χ0) is 12.1. The van der Waals surface area contributed by atoms with E-state index in [4.69, 9.17) is 10.00 Å². The average molecular weight is 230 g/mol. The predicted molar refractivity (Wildman–Crippen MR) is 67.1 cm³/mol. The van der Waals surface area contributed by atoms with Crippen molar-refractivity contribution >= 4 is 0 Å². The molecule has 0 unspecified atom stereocenters. The van der Waals surface area contributed by atoms with Crippen LogP contribution in [0.4, 0.5) is 0 Å². The van der Waals surface area contributed by atoms with E-state index in [0.717, 1.165) is 12.1 Å². The molecule has 90 valence electrons. The van der Waals surface area contributed by atoms with Gasteiger partial charge in [-0.2, -0.15) is 5.26 Å². The Bertz CT molecular complexity index is 417. The molecule has 1 fully saturated rings. The van der Waals surface area contributed by atoms with Gasteiger partial charge in [-0.25, -0.2) is 0 Å². The number of rotatable bonds is 4. The van der Waals surface area contributed by atoms with E-state index in [2.05, 4.69) is 11.0 Å². The topological polar surface area (TPSA) is 36.3 Å². The molecule has 1 aliphatic rings. The van der Waals surface area contributed by atoms with Crippen molar-refractivity contribution in [3.05, 3.63) is 29.3 Å². The van der Waals surface area contributed by atoms with Crippen LogP contribution in [-0.2, 0) is 0 Å². The highest BCUT2D eigenvalue weighted by Gasteiger charge is 2.11. The zero-order valence-electron chi connectivity index (χ0n) is 10.3. The lowest BCUT2D eigenvalue weighted by Gasteiger charge is -2.15. The van der Waals surface area contributed by atoms with Gasteiger partial charge in [0, 0.05) is 6.54 Å². The van der Waals surface area contributed by atoms with Gasteiger partial charge in [0.05, 0.1) is 5.56 Å². The fourth-order valence-corrected chi connectivity index (χ4v) is 2.13. The molecule has 0 saturated carbocycles. The van der Waals surface area contributed by atoms with Crippen LogP contribution in [0.3, 0.4) is 0 Å². The van der Waals surface area contributed by atoms with E-state index < -0.39 is 0 Å². The molecule has 0 bridgehead atoms. The summed E-state index contributed by atoms with van der Waals surface area (Å²) in [5.74, 6) is 0.715. The largest absolute Gasteiger partial charge is 0.491 e. The van der Waals surface area contributed by atoms with Gasteiger partial charge < -0.3 is 4.74 Å². The van der Waals surface area contributed by atoms with Gasteiger partial charge in [0.15, 0.2) is 0 Å². The number of likely N-dealkylation sites (tertiary alicyclic amines) is 1. The lowest BCUT2D eigenvalue weighted by molar-refractivity contribution is 0.237. The normalized spacial score (nSPS) is 15.8. The highest BCUT2D eigenvalue weighted by Crippen LogP contribution is 2.19. The first-order valence-electron chi connectivity index (χ1n) is 6.15. The molecule has 1 aliphatic heterocycles. The Morgan fingerprint density at radius 3 is 2.82 bits per heavy atom. The van der Waals surface area contributed by atoms with Crippen molar-refractivity contribution in [1.82, 2.24) is 4.90 Å². The summed E-state index contributed by atoms with van der Waals surface area (Å²) in [5.41, 5.74) is 1.75. The van der Waals surface area contributed by atoms with Crippen molar-refractivity contribution in [2.24, 2.45) is 0 Å². The van der Waals surface area contributed by atoms with Gasteiger partial charge in [-0.3, -0.25) is 4.90 Å². The van der Waals surface area contributed by atoms with E-state index in [0.29, 0.717) is 17.9 Å². The molecule has 0 amide bonds. The number of aryl methyl sites for hydroxylation is 1. The molecule has 1 heterocycles. The third kappa shape index (κ3) is 3.21. The van der Waals surface area contributed by atoms with Crippen LogP contribution in [0.5, 0.6) is 5.75 Å². The molecule has 1 saturated heterocycles. The average Bonchev–Trinajstić information content (AvgIpc) is 2.82. The van der Waals surface area contributed by atoms with Crippen LogP contribution in [0.2, 0.25) is 0 Å². The van der Waals surface area contributed by atoms with E-state index >= 15 is 0 Å². The number of nitriles is 1. The summed E-state index contributed by atoms with van der Waals surface area (Å²) in [4.78, 5) is 2.40. The molecule has 0 spiro atoms. The summed E-state index contributed by atoms with van der Waals surface area (Å²) in [7, 11) is 0. The van der Waals surface area contributed by atoms with Gasteiger partial charge in [-0.1, -0.05) is 6.07 Å². The fourth-order valence-electron chi connectivity index (χ4n) is 2.13. The number of hydrogen-bond acceptors (Lipinski definition) is 3. The molecular formula is C14H18N2O. The van der Waals surface area contributed by atoms with Crippen molar-refractivity contribution < 1.29 is 4.74 Å². The predicted octanol–water partition coefficient (Wildman–Crippen LogP) is 2.34. The first-order valence-corrected chi connectivity index (χ1v) is 6.15. The Hall–Kier alpha value is -1.53. The monoisotopic (exact) mass is 230 g/mol. The van der Waals surface area contributed by atoms with E-state index in [1.54, 1.807) is 0 Å². The molecule has 0 N–H and O–H groups in total. The summed E-state index contributed by atoms with van der Waals surface area (Å²) in [6, 6.07) is 7.85. The van der Waals surface area contributed by atoms with Crippen LogP contribution in [0.15, 0.2) is 18.2 Å². The Morgan fingerprint density at radius 1 is 1.35 bits per heavy atom. The zero-order valence-corrected chi connectivity index (χ0v) is 10.3. The molecule has 17 heavy (non-hydrogen) atoms. The molecule has 0 radical (unpaired) electrons. The number of hydrogen-bond donors (Lipinski definition) is 0. The van der Waals surface area contributed by atoms with Gasteiger partial charge in [0.25, 0.3) is 0 Å². The maximum atomic E-state index is 8.98. The van der Waals surface area contributed by atoms with Crippen LogP contribution < -0.4 is 4.74 Å². The van der Waals surface area contributed by atoms with Gasteiger partial charge in [0.2, 0.25) is 0 Å². The summed E-state index contributed by atoms with van der Waals surface area (Å²) in [6.45, 7) is 6.00. The van der Waals surface area contributed by atoms with Gasteiger partial charge >= 0.3 is 0 Å². The second-order valence-corrected chi connectivity index (χ2v) is 4.51. The van der Waals surface area contributed by atoms with Crippen molar-refractivity contribution in [1.29, 1.82) is 5.26 Å². The number of ether oxygens (including phenoxy) is 1. The second kappa shape index (κ2) is 5.70. The van der Waals surface area contributed by atoms with E-state index in [-0.39, 0.29) is 0 Å². The quantitative estimate of drug-likeness (QED) is 0.796. The maximum Gasteiger partial charge on any atom is 0.137 e. The third-order valence-corrected chi connectivity index (χ3v) is 3.12. The number of benzene rings is 1. The van der Waals surface area contributed by atoms with Crippen LogP contribution in [-0.4, -0.2) is 31.1 Å². The van der Waals surface area contributed by atoms with Crippen LogP contribution in [0.25, 0.3) is 0 Å². The highest BCUT2D eigenvalue weighted by molar-refractivity contribution is 5.44. The smallest absolute Gasteiger partial charge is 0.137 e. The van der Waals surface area contributed by atoms with E-state index in [1.165, 1.54) is 25.9 Å². The summed E-state index contributed by atoms with van der Waals surface area (Å²) >= 11 is 0. The van der Waals surface area contributed by atoms with Gasteiger partial charge in [-0.15, -0.1) is 0 Å². The highest BCUT2D eigenvalue weighted by atomic mass is 16.5.